The average molecular weight is 275 g/mol. The van der Waals surface area contributed by atoms with Crippen molar-refractivity contribution in [1.29, 1.82) is 0 Å². The lowest BCUT2D eigenvalue weighted by Crippen LogP contribution is -2.15. The molecule has 106 valence electrons. The van der Waals surface area contributed by atoms with Gasteiger partial charge in [-0.15, -0.1) is 0 Å². The Balaban J connectivity index is 1.96. The molecular formula is C20H21N. The van der Waals surface area contributed by atoms with Gasteiger partial charge in [0.25, 0.3) is 0 Å². The van der Waals surface area contributed by atoms with Gasteiger partial charge in [0.05, 0.1) is 0 Å². The summed E-state index contributed by atoms with van der Waals surface area (Å²) in [4.78, 5) is 0. The Hall–Kier alpha value is -2.12. The summed E-state index contributed by atoms with van der Waals surface area (Å²) in [6.45, 7) is 2.79. The number of hydrogen-bond donors (Lipinski definition) is 1. The second-order valence-corrected chi connectivity index (χ2v) is 5.69. The molecule has 0 heterocycles. The molecule has 21 heavy (non-hydrogen) atoms. The van der Waals surface area contributed by atoms with Gasteiger partial charge < -0.3 is 5.73 Å². The topological polar surface area (TPSA) is 26.0 Å². The van der Waals surface area contributed by atoms with Crippen molar-refractivity contribution in [3.05, 3.63) is 83.4 Å². The van der Waals surface area contributed by atoms with Gasteiger partial charge in [0, 0.05) is 5.92 Å². The van der Waals surface area contributed by atoms with Crippen LogP contribution in [0.15, 0.2) is 66.7 Å². The van der Waals surface area contributed by atoms with Gasteiger partial charge in [-0.3, -0.25) is 0 Å². The molecule has 1 nitrogen and oxygen atoms in total. The fourth-order valence-corrected chi connectivity index (χ4v) is 2.94. The number of hydrogen-bond acceptors (Lipinski definition) is 1. The van der Waals surface area contributed by atoms with Gasteiger partial charge in [0.1, 0.15) is 0 Å². The summed E-state index contributed by atoms with van der Waals surface area (Å²) in [5.74, 6) is 0.360. The highest BCUT2D eigenvalue weighted by atomic mass is 14.5. The lowest BCUT2D eigenvalue weighted by Gasteiger charge is -2.18. The van der Waals surface area contributed by atoms with Crippen LogP contribution in [0.25, 0.3) is 10.8 Å². The standard InChI is InChI=1S/C20H21N/c1-15-9-11-16(12-10-15)13-18(14-21)20-8-4-6-17-5-2-3-7-19(17)20/h2-12,18H,13-14,21H2,1H3. The van der Waals surface area contributed by atoms with Gasteiger partial charge in [0.2, 0.25) is 0 Å². The zero-order valence-electron chi connectivity index (χ0n) is 12.4. The first-order valence-electron chi connectivity index (χ1n) is 7.51. The maximum atomic E-state index is 6.07. The summed E-state index contributed by atoms with van der Waals surface area (Å²) in [5, 5.41) is 2.61. The average Bonchev–Trinajstić information content (AvgIpc) is 2.54. The van der Waals surface area contributed by atoms with E-state index < -0.39 is 0 Å². The van der Waals surface area contributed by atoms with Crippen molar-refractivity contribution < 1.29 is 0 Å². The summed E-state index contributed by atoms with van der Waals surface area (Å²) in [5.41, 5.74) is 10.1. The predicted octanol–water partition coefficient (Wildman–Crippen LogP) is 4.43. The molecule has 0 saturated carbocycles. The van der Waals surface area contributed by atoms with E-state index in [4.69, 9.17) is 5.73 Å². The minimum atomic E-state index is 0.360. The molecule has 3 rings (SSSR count). The summed E-state index contributed by atoms with van der Waals surface area (Å²) < 4.78 is 0. The normalized spacial score (nSPS) is 12.5. The largest absolute Gasteiger partial charge is 0.330 e. The van der Waals surface area contributed by atoms with Crippen LogP contribution in [0.3, 0.4) is 0 Å². The summed E-state index contributed by atoms with van der Waals surface area (Å²) in [7, 11) is 0. The number of nitrogens with two attached hydrogens (primary N) is 1. The van der Waals surface area contributed by atoms with E-state index in [0.717, 1.165) is 6.42 Å². The highest BCUT2D eigenvalue weighted by Gasteiger charge is 2.13. The van der Waals surface area contributed by atoms with Crippen LogP contribution in [0.2, 0.25) is 0 Å². The van der Waals surface area contributed by atoms with Gasteiger partial charge in [-0.1, -0.05) is 72.3 Å². The molecule has 1 unspecified atom stereocenters. The smallest absolute Gasteiger partial charge is 0.000772 e. The van der Waals surface area contributed by atoms with Gasteiger partial charge in [-0.2, -0.15) is 0 Å². The second kappa shape index (κ2) is 6.11. The highest BCUT2D eigenvalue weighted by Crippen LogP contribution is 2.27. The molecule has 0 fully saturated rings. The molecule has 1 atom stereocenters. The first kappa shape index (κ1) is 13.8. The Morgan fingerprint density at radius 2 is 1.57 bits per heavy atom. The third-order valence-electron chi connectivity index (χ3n) is 4.15. The van der Waals surface area contributed by atoms with Crippen molar-refractivity contribution >= 4 is 10.8 Å². The number of benzene rings is 3. The molecule has 0 aromatic heterocycles. The lowest BCUT2D eigenvalue weighted by atomic mass is 9.88. The van der Waals surface area contributed by atoms with Gasteiger partial charge in [-0.25, -0.2) is 0 Å². The van der Waals surface area contributed by atoms with Crippen molar-refractivity contribution in [2.45, 2.75) is 19.3 Å². The molecule has 0 spiro atoms. The minimum absolute atomic E-state index is 0.360. The van der Waals surface area contributed by atoms with Gasteiger partial charge in [-0.05, 0) is 41.8 Å². The molecule has 0 amide bonds. The predicted molar refractivity (Wildman–Crippen MR) is 90.6 cm³/mol. The molecule has 3 aromatic rings. The zero-order chi connectivity index (χ0) is 14.7. The first-order chi connectivity index (χ1) is 10.3. The van der Waals surface area contributed by atoms with Gasteiger partial charge >= 0.3 is 0 Å². The molecule has 0 aliphatic heterocycles. The third kappa shape index (κ3) is 2.98. The van der Waals surface area contributed by atoms with E-state index in [1.54, 1.807) is 0 Å². The SMILES string of the molecule is Cc1ccc(CC(CN)c2cccc3ccccc23)cc1. The van der Waals surface area contributed by atoms with Crippen LogP contribution in [0.5, 0.6) is 0 Å². The fraction of sp³-hybridized carbons (Fsp3) is 0.200. The van der Waals surface area contributed by atoms with Crippen LogP contribution in [0.4, 0.5) is 0 Å². The summed E-state index contributed by atoms with van der Waals surface area (Å²) >= 11 is 0. The highest BCUT2D eigenvalue weighted by molar-refractivity contribution is 5.86. The summed E-state index contributed by atoms with van der Waals surface area (Å²) in [6.07, 6.45) is 0.991. The molecule has 0 aliphatic carbocycles. The van der Waals surface area contributed by atoms with Gasteiger partial charge in [0.15, 0.2) is 0 Å². The summed E-state index contributed by atoms with van der Waals surface area (Å²) in [6, 6.07) is 23.8. The van der Waals surface area contributed by atoms with Crippen LogP contribution < -0.4 is 5.73 Å². The van der Waals surface area contributed by atoms with Crippen LogP contribution in [-0.2, 0) is 6.42 Å². The molecule has 0 aliphatic rings. The second-order valence-electron chi connectivity index (χ2n) is 5.69. The van der Waals surface area contributed by atoms with E-state index in [9.17, 15) is 0 Å². The molecule has 2 N–H and O–H groups in total. The zero-order valence-corrected chi connectivity index (χ0v) is 12.4. The molecular weight excluding hydrogens is 254 g/mol. The fourth-order valence-electron chi connectivity index (χ4n) is 2.94. The Morgan fingerprint density at radius 1 is 0.857 bits per heavy atom. The molecule has 3 aromatic carbocycles. The molecule has 0 saturated heterocycles. The van der Waals surface area contributed by atoms with E-state index >= 15 is 0 Å². The van der Waals surface area contributed by atoms with Crippen molar-refractivity contribution in [3.63, 3.8) is 0 Å². The Kier molecular flexibility index (Phi) is 4.03. The molecule has 0 bridgehead atoms. The quantitative estimate of drug-likeness (QED) is 0.748. The van der Waals surface area contributed by atoms with Crippen LogP contribution >= 0.6 is 0 Å². The van der Waals surface area contributed by atoms with E-state index in [2.05, 4.69) is 73.7 Å². The monoisotopic (exact) mass is 275 g/mol. The third-order valence-corrected chi connectivity index (χ3v) is 4.15. The van der Waals surface area contributed by atoms with E-state index in [1.165, 1.54) is 27.5 Å². The van der Waals surface area contributed by atoms with Crippen LogP contribution in [-0.4, -0.2) is 6.54 Å². The Labute approximate surface area is 126 Å². The first-order valence-corrected chi connectivity index (χ1v) is 7.51. The number of aryl methyl sites for hydroxylation is 1. The van der Waals surface area contributed by atoms with Crippen LogP contribution in [0.1, 0.15) is 22.6 Å². The maximum Gasteiger partial charge on any atom is 0.000772 e. The minimum Gasteiger partial charge on any atom is -0.330 e. The molecule has 0 radical (unpaired) electrons. The van der Waals surface area contributed by atoms with Crippen LogP contribution in [0, 0.1) is 6.92 Å². The maximum absolute atomic E-state index is 6.07. The van der Waals surface area contributed by atoms with Crippen molar-refractivity contribution in [2.75, 3.05) is 6.54 Å². The number of fused-ring (bicyclic) bond motifs is 1. The molecule has 1 heteroatoms. The van der Waals surface area contributed by atoms with Crippen molar-refractivity contribution in [1.82, 2.24) is 0 Å². The van der Waals surface area contributed by atoms with Crippen molar-refractivity contribution in [2.24, 2.45) is 5.73 Å². The Bertz CT molecular complexity index is 723. The number of rotatable bonds is 4. The van der Waals surface area contributed by atoms with E-state index in [0.29, 0.717) is 12.5 Å². The van der Waals surface area contributed by atoms with E-state index in [-0.39, 0.29) is 0 Å². The van der Waals surface area contributed by atoms with E-state index in [1.807, 2.05) is 0 Å². The Morgan fingerprint density at radius 3 is 2.33 bits per heavy atom. The van der Waals surface area contributed by atoms with Crippen molar-refractivity contribution in [3.8, 4) is 0 Å². The lowest BCUT2D eigenvalue weighted by molar-refractivity contribution is 0.699.